The molecule has 0 aliphatic carbocycles. The number of carbonyl (C=O) groups is 2. The lowest BCUT2D eigenvalue weighted by molar-refractivity contribution is -0.154. The van der Waals surface area contributed by atoms with E-state index in [2.05, 4.69) is 5.32 Å². The molecule has 5 nitrogen and oxygen atoms in total. The lowest BCUT2D eigenvalue weighted by Crippen LogP contribution is -2.32. The van der Waals surface area contributed by atoms with Crippen molar-refractivity contribution in [2.24, 2.45) is 0 Å². The molecule has 0 saturated carbocycles. The molecule has 0 aromatic heterocycles. The lowest BCUT2D eigenvalue weighted by Gasteiger charge is -2.19. The number of hydrogen-bond donors (Lipinski definition) is 1. The van der Waals surface area contributed by atoms with Crippen LogP contribution in [0.4, 0.5) is 4.79 Å². The summed E-state index contributed by atoms with van der Waals surface area (Å²) in [5, 5.41) is 2.76. The first kappa shape index (κ1) is 21.7. The second-order valence-electron chi connectivity index (χ2n) is 7.89. The molecule has 0 bridgehead atoms. The minimum Gasteiger partial charge on any atom is -0.460 e. The minimum atomic E-state index is -0.446. The smallest absolute Gasteiger partial charge is 0.407 e. The SMILES string of the molecule is CC(C)(C)OC(=O)CCCCCCCCNC(=O)OC(C)(C)C. The van der Waals surface area contributed by atoms with Gasteiger partial charge in [-0.2, -0.15) is 0 Å². The third-order valence-corrected chi connectivity index (χ3v) is 2.90. The van der Waals surface area contributed by atoms with Crippen LogP contribution in [0.25, 0.3) is 0 Å². The van der Waals surface area contributed by atoms with Gasteiger partial charge >= 0.3 is 12.1 Å². The summed E-state index contributed by atoms with van der Waals surface area (Å²) < 4.78 is 10.4. The van der Waals surface area contributed by atoms with E-state index < -0.39 is 11.2 Å². The zero-order chi connectivity index (χ0) is 17.9. The molecule has 0 aliphatic rings. The number of esters is 1. The molecule has 5 heteroatoms. The molecule has 0 rings (SSSR count). The van der Waals surface area contributed by atoms with E-state index in [9.17, 15) is 9.59 Å². The van der Waals surface area contributed by atoms with Crippen LogP contribution in [0.1, 0.15) is 86.5 Å². The Kier molecular flexibility index (Phi) is 9.93. The van der Waals surface area contributed by atoms with E-state index >= 15 is 0 Å². The first-order valence-electron chi connectivity index (χ1n) is 8.68. The Morgan fingerprint density at radius 2 is 1.22 bits per heavy atom. The molecule has 0 aromatic carbocycles. The van der Waals surface area contributed by atoms with E-state index in [0.717, 1.165) is 38.5 Å². The standard InChI is InChI=1S/C18H35NO4/c1-17(2,3)22-15(20)13-11-9-7-8-10-12-14-19-16(21)23-18(4,5)6/h7-14H2,1-6H3,(H,19,21). The maximum absolute atomic E-state index is 11.5. The molecule has 0 aromatic rings. The number of alkyl carbamates (subject to hydrolysis) is 1. The van der Waals surface area contributed by atoms with Crippen LogP contribution < -0.4 is 5.32 Å². The Morgan fingerprint density at radius 1 is 0.739 bits per heavy atom. The van der Waals surface area contributed by atoms with Gasteiger partial charge in [0, 0.05) is 13.0 Å². The number of nitrogens with one attached hydrogen (secondary N) is 1. The summed E-state index contributed by atoms with van der Waals surface area (Å²) in [5.41, 5.74) is -0.837. The van der Waals surface area contributed by atoms with Crippen molar-refractivity contribution in [3.8, 4) is 0 Å². The molecule has 0 aliphatic heterocycles. The molecule has 0 saturated heterocycles. The van der Waals surface area contributed by atoms with Crippen LogP contribution in [0.3, 0.4) is 0 Å². The number of ether oxygens (including phenoxy) is 2. The van der Waals surface area contributed by atoms with Gasteiger partial charge in [-0.15, -0.1) is 0 Å². The summed E-state index contributed by atoms with van der Waals surface area (Å²) in [6.45, 7) is 11.9. The van der Waals surface area contributed by atoms with E-state index in [1.165, 1.54) is 0 Å². The molecule has 0 atom stereocenters. The predicted octanol–water partition coefficient (Wildman–Crippen LogP) is 4.58. The highest BCUT2D eigenvalue weighted by atomic mass is 16.6. The van der Waals surface area contributed by atoms with Gasteiger partial charge in [0.2, 0.25) is 0 Å². The quantitative estimate of drug-likeness (QED) is 0.496. The molecular weight excluding hydrogens is 294 g/mol. The van der Waals surface area contributed by atoms with Crippen LogP contribution >= 0.6 is 0 Å². The molecule has 0 heterocycles. The highest BCUT2D eigenvalue weighted by molar-refractivity contribution is 5.69. The van der Waals surface area contributed by atoms with E-state index in [0.29, 0.717) is 13.0 Å². The van der Waals surface area contributed by atoms with Crippen LogP contribution in [0.15, 0.2) is 0 Å². The molecule has 0 fully saturated rings. The number of unbranched alkanes of at least 4 members (excludes halogenated alkanes) is 5. The molecule has 23 heavy (non-hydrogen) atoms. The van der Waals surface area contributed by atoms with Crippen LogP contribution in [-0.4, -0.2) is 29.8 Å². The average Bonchev–Trinajstić information content (AvgIpc) is 2.32. The van der Waals surface area contributed by atoms with E-state index in [1.54, 1.807) is 0 Å². The van der Waals surface area contributed by atoms with Crippen LogP contribution in [0.5, 0.6) is 0 Å². The van der Waals surface area contributed by atoms with Crippen LogP contribution in [0.2, 0.25) is 0 Å². The van der Waals surface area contributed by atoms with Crippen molar-refractivity contribution in [2.45, 2.75) is 97.7 Å². The van der Waals surface area contributed by atoms with E-state index in [-0.39, 0.29) is 12.1 Å². The Labute approximate surface area is 141 Å². The maximum atomic E-state index is 11.5. The zero-order valence-corrected chi connectivity index (χ0v) is 15.8. The third kappa shape index (κ3) is 16.9. The van der Waals surface area contributed by atoms with Gasteiger partial charge in [-0.25, -0.2) is 4.79 Å². The van der Waals surface area contributed by atoms with Crippen molar-refractivity contribution in [1.29, 1.82) is 0 Å². The van der Waals surface area contributed by atoms with E-state index in [4.69, 9.17) is 9.47 Å². The van der Waals surface area contributed by atoms with Gasteiger partial charge in [0.25, 0.3) is 0 Å². The van der Waals surface area contributed by atoms with Gasteiger partial charge in [0.1, 0.15) is 11.2 Å². The average molecular weight is 329 g/mol. The Bertz CT molecular complexity index is 319. The number of carbonyl (C=O) groups excluding carboxylic acids is 2. The number of amides is 1. The summed E-state index contributed by atoms with van der Waals surface area (Å²) in [4.78, 5) is 22.9. The zero-order valence-electron chi connectivity index (χ0n) is 15.8. The first-order valence-corrected chi connectivity index (χ1v) is 8.68. The van der Waals surface area contributed by atoms with Crippen LogP contribution in [0, 0.1) is 0 Å². The van der Waals surface area contributed by atoms with E-state index in [1.807, 2.05) is 41.5 Å². The summed E-state index contributed by atoms with van der Waals surface area (Å²) in [5.74, 6) is -0.112. The summed E-state index contributed by atoms with van der Waals surface area (Å²) in [7, 11) is 0. The highest BCUT2D eigenvalue weighted by Gasteiger charge is 2.16. The van der Waals surface area contributed by atoms with Crippen molar-refractivity contribution in [2.75, 3.05) is 6.54 Å². The maximum Gasteiger partial charge on any atom is 0.407 e. The lowest BCUT2D eigenvalue weighted by atomic mass is 10.1. The first-order chi connectivity index (χ1) is 10.5. The van der Waals surface area contributed by atoms with Crippen molar-refractivity contribution in [3.63, 3.8) is 0 Å². The minimum absolute atomic E-state index is 0.112. The van der Waals surface area contributed by atoms with Crippen molar-refractivity contribution >= 4 is 12.1 Å². The second kappa shape index (κ2) is 10.5. The van der Waals surface area contributed by atoms with Gasteiger partial charge in [0.15, 0.2) is 0 Å². The largest absolute Gasteiger partial charge is 0.460 e. The van der Waals surface area contributed by atoms with Gasteiger partial charge in [-0.05, 0) is 54.4 Å². The fraction of sp³-hybridized carbons (Fsp3) is 0.889. The molecule has 0 radical (unpaired) electrons. The molecule has 1 amide bonds. The second-order valence-corrected chi connectivity index (χ2v) is 7.89. The molecule has 0 unspecified atom stereocenters. The van der Waals surface area contributed by atoms with Crippen LogP contribution in [-0.2, 0) is 14.3 Å². The fourth-order valence-corrected chi connectivity index (χ4v) is 2.00. The van der Waals surface area contributed by atoms with Gasteiger partial charge in [-0.3, -0.25) is 4.79 Å². The molecule has 136 valence electrons. The topological polar surface area (TPSA) is 64.6 Å². The summed E-state index contributed by atoms with van der Waals surface area (Å²) in [6.07, 6.45) is 6.31. The Balaban J connectivity index is 3.41. The predicted molar refractivity (Wildman–Crippen MR) is 92.4 cm³/mol. The van der Waals surface area contributed by atoms with Gasteiger partial charge < -0.3 is 14.8 Å². The highest BCUT2D eigenvalue weighted by Crippen LogP contribution is 2.12. The molecule has 1 N–H and O–H groups in total. The Morgan fingerprint density at radius 3 is 1.74 bits per heavy atom. The molecular formula is C18H35NO4. The third-order valence-electron chi connectivity index (χ3n) is 2.90. The fourth-order valence-electron chi connectivity index (χ4n) is 2.00. The molecule has 0 spiro atoms. The summed E-state index contributed by atoms with van der Waals surface area (Å²) >= 11 is 0. The normalized spacial score (nSPS) is 11.9. The van der Waals surface area contributed by atoms with Gasteiger partial charge in [0.05, 0.1) is 0 Å². The van der Waals surface area contributed by atoms with Crippen molar-refractivity contribution in [3.05, 3.63) is 0 Å². The van der Waals surface area contributed by atoms with Crippen molar-refractivity contribution < 1.29 is 19.1 Å². The number of hydrogen-bond acceptors (Lipinski definition) is 4. The monoisotopic (exact) mass is 329 g/mol. The number of rotatable bonds is 9. The Hall–Kier alpha value is -1.26. The summed E-state index contributed by atoms with van der Waals surface area (Å²) in [6, 6.07) is 0. The van der Waals surface area contributed by atoms with Crippen molar-refractivity contribution in [1.82, 2.24) is 5.32 Å². The van der Waals surface area contributed by atoms with Gasteiger partial charge in [-0.1, -0.05) is 25.7 Å².